The SMILES string of the molecule is CCCCCCCC/C=C\CCCCCCCCNC(=O)Nc1c(C(C)C)cccc1C(C)C. The summed E-state index contributed by atoms with van der Waals surface area (Å²) in [6.45, 7) is 11.7. The van der Waals surface area contributed by atoms with Crippen molar-refractivity contribution in [1.82, 2.24) is 5.32 Å². The highest BCUT2D eigenvalue weighted by molar-refractivity contribution is 5.91. The van der Waals surface area contributed by atoms with Gasteiger partial charge in [0.2, 0.25) is 0 Å². The van der Waals surface area contributed by atoms with Crippen LogP contribution in [0, 0.1) is 0 Å². The topological polar surface area (TPSA) is 41.1 Å². The Labute approximate surface area is 211 Å². The third-order valence-electron chi connectivity index (χ3n) is 6.59. The van der Waals surface area contributed by atoms with Crippen LogP contribution in [0.1, 0.15) is 147 Å². The summed E-state index contributed by atoms with van der Waals surface area (Å²) in [4.78, 5) is 12.5. The van der Waals surface area contributed by atoms with Gasteiger partial charge in [0.05, 0.1) is 0 Å². The van der Waals surface area contributed by atoms with Gasteiger partial charge in [-0.15, -0.1) is 0 Å². The van der Waals surface area contributed by atoms with Crippen LogP contribution in [0.2, 0.25) is 0 Å². The van der Waals surface area contributed by atoms with Crippen LogP contribution in [0.15, 0.2) is 30.4 Å². The molecule has 0 unspecified atom stereocenters. The van der Waals surface area contributed by atoms with E-state index in [0.717, 1.165) is 18.7 Å². The van der Waals surface area contributed by atoms with Gasteiger partial charge in [0, 0.05) is 12.2 Å². The predicted molar refractivity (Wildman–Crippen MR) is 151 cm³/mol. The lowest BCUT2D eigenvalue weighted by atomic mass is 9.93. The molecule has 0 heterocycles. The first-order chi connectivity index (χ1) is 16.5. The predicted octanol–water partition coefficient (Wildman–Crippen LogP) is 10.1. The molecule has 0 aromatic heterocycles. The van der Waals surface area contributed by atoms with Gasteiger partial charge >= 0.3 is 6.03 Å². The summed E-state index contributed by atoms with van der Waals surface area (Å²) in [6, 6.07) is 6.26. The van der Waals surface area contributed by atoms with Crippen molar-refractivity contribution in [3.8, 4) is 0 Å². The Morgan fingerprint density at radius 3 is 1.71 bits per heavy atom. The van der Waals surface area contributed by atoms with E-state index in [2.05, 4.69) is 75.6 Å². The summed E-state index contributed by atoms with van der Waals surface area (Å²) >= 11 is 0. The van der Waals surface area contributed by atoms with Crippen LogP contribution in [-0.4, -0.2) is 12.6 Å². The van der Waals surface area contributed by atoms with E-state index in [1.807, 2.05) is 0 Å². The zero-order chi connectivity index (χ0) is 25.0. The molecule has 34 heavy (non-hydrogen) atoms. The van der Waals surface area contributed by atoms with Crippen LogP contribution in [0.3, 0.4) is 0 Å². The number of amides is 2. The zero-order valence-corrected chi connectivity index (χ0v) is 23.1. The Hall–Kier alpha value is -1.77. The zero-order valence-electron chi connectivity index (χ0n) is 23.1. The number of anilines is 1. The van der Waals surface area contributed by atoms with Crippen molar-refractivity contribution in [3.05, 3.63) is 41.5 Å². The fourth-order valence-corrected chi connectivity index (χ4v) is 4.43. The number of unbranched alkanes of at least 4 members (excludes halogenated alkanes) is 12. The Morgan fingerprint density at radius 1 is 0.735 bits per heavy atom. The van der Waals surface area contributed by atoms with Gasteiger partial charge in [-0.05, 0) is 55.1 Å². The van der Waals surface area contributed by atoms with E-state index in [1.165, 1.54) is 94.6 Å². The number of urea groups is 1. The molecule has 3 heteroatoms. The second kappa shape index (κ2) is 19.5. The Bertz CT molecular complexity index is 652. The summed E-state index contributed by atoms with van der Waals surface area (Å²) in [5, 5.41) is 6.19. The molecule has 1 aromatic rings. The minimum absolute atomic E-state index is 0.0808. The molecule has 194 valence electrons. The second-order valence-electron chi connectivity index (χ2n) is 10.4. The lowest BCUT2D eigenvalue weighted by molar-refractivity contribution is 0.252. The van der Waals surface area contributed by atoms with Crippen LogP contribution in [-0.2, 0) is 0 Å². The molecule has 0 saturated carbocycles. The van der Waals surface area contributed by atoms with Gasteiger partial charge in [-0.1, -0.05) is 123 Å². The maximum atomic E-state index is 12.5. The molecule has 0 aliphatic rings. The van der Waals surface area contributed by atoms with Crippen molar-refractivity contribution in [1.29, 1.82) is 0 Å². The molecule has 1 aromatic carbocycles. The smallest absolute Gasteiger partial charge is 0.319 e. The van der Waals surface area contributed by atoms with Gasteiger partial charge in [0.1, 0.15) is 0 Å². The number of rotatable bonds is 19. The van der Waals surface area contributed by atoms with E-state index in [1.54, 1.807) is 0 Å². The molecule has 0 atom stereocenters. The summed E-state index contributed by atoms with van der Waals surface area (Å²) in [6.07, 6.45) is 23.0. The first kappa shape index (κ1) is 30.3. The van der Waals surface area contributed by atoms with Gasteiger partial charge in [0.15, 0.2) is 0 Å². The molecule has 0 radical (unpaired) electrons. The first-order valence-corrected chi connectivity index (χ1v) is 14.3. The summed E-state index contributed by atoms with van der Waals surface area (Å²) in [7, 11) is 0. The minimum atomic E-state index is -0.0808. The molecule has 0 bridgehead atoms. The average Bonchev–Trinajstić information content (AvgIpc) is 2.80. The largest absolute Gasteiger partial charge is 0.338 e. The maximum Gasteiger partial charge on any atom is 0.319 e. The van der Waals surface area contributed by atoms with Crippen molar-refractivity contribution in [2.45, 2.75) is 136 Å². The molecular weight excluding hydrogens is 416 g/mol. The molecule has 1 rings (SSSR count). The molecule has 2 N–H and O–H groups in total. The van der Waals surface area contributed by atoms with Crippen molar-refractivity contribution in [2.24, 2.45) is 0 Å². The van der Waals surface area contributed by atoms with Gasteiger partial charge in [0.25, 0.3) is 0 Å². The van der Waals surface area contributed by atoms with Crippen molar-refractivity contribution in [2.75, 3.05) is 11.9 Å². The number of allylic oxidation sites excluding steroid dienone is 2. The van der Waals surface area contributed by atoms with E-state index in [-0.39, 0.29) is 6.03 Å². The van der Waals surface area contributed by atoms with Gasteiger partial charge in [-0.3, -0.25) is 0 Å². The number of benzene rings is 1. The highest BCUT2D eigenvalue weighted by Crippen LogP contribution is 2.32. The molecular formula is C31H54N2O. The van der Waals surface area contributed by atoms with Crippen LogP contribution in [0.25, 0.3) is 0 Å². The lowest BCUT2D eigenvalue weighted by Gasteiger charge is -2.20. The third kappa shape index (κ3) is 13.8. The normalized spacial score (nSPS) is 11.6. The van der Waals surface area contributed by atoms with Crippen LogP contribution < -0.4 is 10.6 Å². The fraction of sp³-hybridized carbons (Fsp3) is 0.710. The van der Waals surface area contributed by atoms with E-state index < -0.39 is 0 Å². The molecule has 0 fully saturated rings. The Balaban J connectivity index is 2.07. The van der Waals surface area contributed by atoms with E-state index in [0.29, 0.717) is 11.8 Å². The molecule has 0 saturated heterocycles. The molecule has 0 aliphatic heterocycles. The average molecular weight is 471 g/mol. The fourth-order valence-electron chi connectivity index (χ4n) is 4.43. The van der Waals surface area contributed by atoms with Crippen LogP contribution in [0.5, 0.6) is 0 Å². The molecule has 0 aliphatic carbocycles. The maximum absolute atomic E-state index is 12.5. The second-order valence-corrected chi connectivity index (χ2v) is 10.4. The first-order valence-electron chi connectivity index (χ1n) is 14.3. The minimum Gasteiger partial charge on any atom is -0.338 e. The number of carbonyl (C=O) groups excluding carboxylic acids is 1. The third-order valence-corrected chi connectivity index (χ3v) is 6.59. The lowest BCUT2D eigenvalue weighted by Crippen LogP contribution is -2.30. The van der Waals surface area contributed by atoms with E-state index in [9.17, 15) is 4.79 Å². The summed E-state index contributed by atoms with van der Waals surface area (Å²) in [5.41, 5.74) is 3.41. The Kier molecular flexibility index (Phi) is 17.4. The van der Waals surface area contributed by atoms with Crippen LogP contribution >= 0.6 is 0 Å². The van der Waals surface area contributed by atoms with Crippen LogP contribution in [0.4, 0.5) is 10.5 Å². The standard InChI is InChI=1S/C31H54N2O/c1-6-7-8-9-10-11-12-13-14-15-16-17-18-19-20-21-25-32-31(34)33-30-28(26(2)3)23-22-24-29(30)27(4)5/h13-14,22-24,26-27H,6-12,15-21,25H2,1-5H3,(H2,32,33,34)/b14-13-. The van der Waals surface area contributed by atoms with Crippen molar-refractivity contribution in [3.63, 3.8) is 0 Å². The monoisotopic (exact) mass is 470 g/mol. The number of nitrogens with one attached hydrogen (secondary N) is 2. The summed E-state index contributed by atoms with van der Waals surface area (Å²) < 4.78 is 0. The van der Waals surface area contributed by atoms with Crippen molar-refractivity contribution < 1.29 is 4.79 Å². The number of para-hydroxylation sites is 1. The summed E-state index contributed by atoms with van der Waals surface area (Å²) in [5.74, 6) is 0.759. The molecule has 0 spiro atoms. The highest BCUT2D eigenvalue weighted by atomic mass is 16.2. The number of hydrogen-bond acceptors (Lipinski definition) is 1. The highest BCUT2D eigenvalue weighted by Gasteiger charge is 2.15. The van der Waals surface area contributed by atoms with Gasteiger partial charge in [-0.2, -0.15) is 0 Å². The van der Waals surface area contributed by atoms with E-state index >= 15 is 0 Å². The molecule has 2 amide bonds. The van der Waals surface area contributed by atoms with Gasteiger partial charge in [-0.25, -0.2) is 4.79 Å². The van der Waals surface area contributed by atoms with Crippen molar-refractivity contribution >= 4 is 11.7 Å². The Morgan fingerprint density at radius 2 is 1.21 bits per heavy atom. The van der Waals surface area contributed by atoms with E-state index in [4.69, 9.17) is 0 Å². The van der Waals surface area contributed by atoms with Gasteiger partial charge < -0.3 is 10.6 Å². The quantitative estimate of drug-likeness (QED) is 0.153. The number of hydrogen-bond donors (Lipinski definition) is 2. The molecule has 3 nitrogen and oxygen atoms in total. The number of carbonyl (C=O) groups is 1.